The van der Waals surface area contributed by atoms with Crippen LogP contribution >= 0.6 is 0 Å². The SMILES string of the molecule is CCNC(=NCCNC(=O)Cc1ccc(F)cc1)NC(C)c1cccc(N2CCCC2)c1. The van der Waals surface area contributed by atoms with E-state index < -0.39 is 0 Å². The molecule has 6 nitrogen and oxygen atoms in total. The Kier molecular flexibility index (Phi) is 8.90. The minimum Gasteiger partial charge on any atom is -0.372 e. The lowest BCUT2D eigenvalue weighted by Gasteiger charge is -2.22. The van der Waals surface area contributed by atoms with Crippen LogP contribution in [0.3, 0.4) is 0 Å². The first-order valence-corrected chi connectivity index (χ1v) is 11.5. The van der Waals surface area contributed by atoms with Crippen LogP contribution < -0.4 is 20.9 Å². The highest BCUT2D eigenvalue weighted by Crippen LogP contribution is 2.23. The number of nitrogens with one attached hydrogen (secondary N) is 3. The number of nitrogens with zero attached hydrogens (tertiary/aromatic N) is 2. The number of hydrogen-bond donors (Lipinski definition) is 3. The Hall–Kier alpha value is -3.09. The summed E-state index contributed by atoms with van der Waals surface area (Å²) in [6.07, 6.45) is 2.75. The molecule has 7 heteroatoms. The number of guanidine groups is 1. The first kappa shape index (κ1) is 23.6. The first-order chi connectivity index (χ1) is 15.5. The molecule has 3 rings (SSSR count). The van der Waals surface area contributed by atoms with E-state index >= 15 is 0 Å². The van der Waals surface area contributed by atoms with Crippen LogP contribution in [0, 0.1) is 5.82 Å². The summed E-state index contributed by atoms with van der Waals surface area (Å²) in [5.74, 6) is 0.320. The van der Waals surface area contributed by atoms with Gasteiger partial charge in [-0.05, 0) is 62.1 Å². The van der Waals surface area contributed by atoms with E-state index in [1.54, 1.807) is 12.1 Å². The lowest BCUT2D eigenvalue weighted by molar-refractivity contribution is -0.120. The Labute approximate surface area is 190 Å². The first-order valence-electron chi connectivity index (χ1n) is 11.5. The zero-order chi connectivity index (χ0) is 22.8. The third-order valence-corrected chi connectivity index (χ3v) is 5.52. The number of rotatable bonds is 9. The normalized spacial score (nSPS) is 14.8. The quantitative estimate of drug-likeness (QED) is 0.318. The van der Waals surface area contributed by atoms with Crippen molar-refractivity contribution in [3.8, 4) is 0 Å². The topological polar surface area (TPSA) is 68.8 Å². The summed E-state index contributed by atoms with van der Waals surface area (Å²) in [5.41, 5.74) is 3.28. The van der Waals surface area contributed by atoms with Crippen LogP contribution in [0.2, 0.25) is 0 Å². The average molecular weight is 440 g/mol. The van der Waals surface area contributed by atoms with Crippen molar-refractivity contribution in [1.82, 2.24) is 16.0 Å². The van der Waals surface area contributed by atoms with E-state index in [-0.39, 0.29) is 24.2 Å². The molecule has 0 aliphatic carbocycles. The van der Waals surface area contributed by atoms with Crippen molar-refractivity contribution in [3.05, 3.63) is 65.5 Å². The van der Waals surface area contributed by atoms with Gasteiger partial charge in [-0.2, -0.15) is 0 Å². The molecule has 1 fully saturated rings. The molecular weight excluding hydrogens is 405 g/mol. The fourth-order valence-electron chi connectivity index (χ4n) is 3.79. The zero-order valence-corrected chi connectivity index (χ0v) is 19.0. The van der Waals surface area contributed by atoms with Gasteiger partial charge in [0, 0.05) is 31.9 Å². The highest BCUT2D eigenvalue weighted by Gasteiger charge is 2.14. The van der Waals surface area contributed by atoms with Crippen LogP contribution in [0.25, 0.3) is 0 Å². The van der Waals surface area contributed by atoms with Gasteiger partial charge in [0.25, 0.3) is 0 Å². The van der Waals surface area contributed by atoms with E-state index in [9.17, 15) is 9.18 Å². The van der Waals surface area contributed by atoms with Crippen molar-refractivity contribution in [1.29, 1.82) is 0 Å². The van der Waals surface area contributed by atoms with Crippen molar-refractivity contribution in [3.63, 3.8) is 0 Å². The Morgan fingerprint density at radius 1 is 1.12 bits per heavy atom. The Morgan fingerprint density at radius 2 is 1.88 bits per heavy atom. The van der Waals surface area contributed by atoms with E-state index in [1.807, 2.05) is 6.92 Å². The maximum Gasteiger partial charge on any atom is 0.224 e. The summed E-state index contributed by atoms with van der Waals surface area (Å²) in [7, 11) is 0. The summed E-state index contributed by atoms with van der Waals surface area (Å²) in [6.45, 7) is 8.06. The molecule has 0 radical (unpaired) electrons. The monoisotopic (exact) mass is 439 g/mol. The number of aliphatic imine (C=N–C) groups is 1. The van der Waals surface area contributed by atoms with Crippen LogP contribution in [0.5, 0.6) is 0 Å². The lowest BCUT2D eigenvalue weighted by Crippen LogP contribution is -2.39. The number of carbonyl (C=O) groups is 1. The maximum atomic E-state index is 13.0. The lowest BCUT2D eigenvalue weighted by atomic mass is 10.1. The minimum absolute atomic E-state index is 0.100. The second-order valence-electron chi connectivity index (χ2n) is 8.07. The highest BCUT2D eigenvalue weighted by atomic mass is 19.1. The molecule has 0 saturated carbocycles. The Bertz CT molecular complexity index is 893. The second-order valence-corrected chi connectivity index (χ2v) is 8.07. The smallest absolute Gasteiger partial charge is 0.224 e. The number of benzene rings is 2. The van der Waals surface area contributed by atoms with E-state index in [0.29, 0.717) is 13.1 Å². The molecule has 1 unspecified atom stereocenters. The molecule has 1 aliphatic rings. The molecular formula is C25H34FN5O. The van der Waals surface area contributed by atoms with Gasteiger partial charge in [0.1, 0.15) is 5.82 Å². The average Bonchev–Trinajstić information content (AvgIpc) is 3.33. The molecule has 2 aromatic rings. The van der Waals surface area contributed by atoms with Gasteiger partial charge in [-0.1, -0.05) is 24.3 Å². The van der Waals surface area contributed by atoms with Gasteiger partial charge in [0.2, 0.25) is 5.91 Å². The van der Waals surface area contributed by atoms with Gasteiger partial charge in [0.05, 0.1) is 19.0 Å². The molecule has 172 valence electrons. The largest absolute Gasteiger partial charge is 0.372 e. The molecule has 1 saturated heterocycles. The fraction of sp³-hybridized carbons (Fsp3) is 0.440. The predicted octanol–water partition coefficient (Wildman–Crippen LogP) is 3.40. The van der Waals surface area contributed by atoms with E-state index in [2.05, 4.69) is 57.0 Å². The predicted molar refractivity (Wildman–Crippen MR) is 129 cm³/mol. The van der Waals surface area contributed by atoms with Crippen molar-refractivity contribution in [2.45, 2.75) is 39.2 Å². The molecule has 0 bridgehead atoms. The van der Waals surface area contributed by atoms with Crippen molar-refractivity contribution in [2.24, 2.45) is 4.99 Å². The highest BCUT2D eigenvalue weighted by molar-refractivity contribution is 5.80. The molecule has 32 heavy (non-hydrogen) atoms. The van der Waals surface area contributed by atoms with Crippen LogP contribution in [-0.4, -0.2) is 44.6 Å². The number of halogens is 1. The second kappa shape index (κ2) is 12.1. The van der Waals surface area contributed by atoms with E-state index in [0.717, 1.165) is 31.2 Å². The summed E-state index contributed by atoms with van der Waals surface area (Å²) in [4.78, 5) is 19.1. The molecule has 1 amide bonds. The molecule has 2 aromatic carbocycles. The van der Waals surface area contributed by atoms with Gasteiger partial charge in [-0.25, -0.2) is 4.39 Å². The maximum absolute atomic E-state index is 13.0. The van der Waals surface area contributed by atoms with Crippen LogP contribution in [0.1, 0.15) is 43.9 Å². The van der Waals surface area contributed by atoms with Crippen molar-refractivity contribution >= 4 is 17.6 Å². The summed E-state index contributed by atoms with van der Waals surface area (Å²) in [5, 5.41) is 9.59. The molecule has 0 aromatic heterocycles. The van der Waals surface area contributed by atoms with Crippen LogP contribution in [0.4, 0.5) is 10.1 Å². The summed E-state index contributed by atoms with van der Waals surface area (Å²) >= 11 is 0. The number of anilines is 1. The van der Waals surface area contributed by atoms with Gasteiger partial charge in [-0.15, -0.1) is 0 Å². The third-order valence-electron chi connectivity index (χ3n) is 5.52. The van der Waals surface area contributed by atoms with Gasteiger partial charge in [-0.3, -0.25) is 9.79 Å². The summed E-state index contributed by atoms with van der Waals surface area (Å²) < 4.78 is 13.0. The molecule has 3 N–H and O–H groups in total. The van der Waals surface area contributed by atoms with Gasteiger partial charge in [0.15, 0.2) is 5.96 Å². The number of amides is 1. The molecule has 0 spiro atoms. The van der Waals surface area contributed by atoms with E-state index in [4.69, 9.17) is 0 Å². The van der Waals surface area contributed by atoms with Crippen LogP contribution in [0.15, 0.2) is 53.5 Å². The fourth-order valence-corrected chi connectivity index (χ4v) is 3.79. The van der Waals surface area contributed by atoms with Crippen molar-refractivity contribution < 1.29 is 9.18 Å². The molecule has 1 aliphatic heterocycles. The van der Waals surface area contributed by atoms with Gasteiger partial charge < -0.3 is 20.9 Å². The Balaban J connectivity index is 1.49. The summed E-state index contributed by atoms with van der Waals surface area (Å²) in [6, 6.07) is 14.8. The molecule has 1 heterocycles. The standard InChI is InChI=1S/C25H34FN5O/c1-3-27-25(29-14-13-28-24(32)17-20-9-11-22(26)12-10-20)30-19(2)21-7-6-8-23(18-21)31-15-4-5-16-31/h6-12,18-19H,3-5,13-17H2,1-2H3,(H,28,32)(H2,27,29,30). The number of hydrogen-bond acceptors (Lipinski definition) is 3. The molecule has 1 atom stereocenters. The Morgan fingerprint density at radius 3 is 2.59 bits per heavy atom. The number of carbonyl (C=O) groups excluding carboxylic acids is 1. The van der Waals surface area contributed by atoms with E-state index in [1.165, 1.54) is 36.2 Å². The minimum atomic E-state index is -0.302. The van der Waals surface area contributed by atoms with Gasteiger partial charge >= 0.3 is 0 Å². The third kappa shape index (κ3) is 7.25. The van der Waals surface area contributed by atoms with Crippen LogP contribution in [-0.2, 0) is 11.2 Å². The van der Waals surface area contributed by atoms with Crippen molar-refractivity contribution in [2.75, 3.05) is 37.6 Å². The zero-order valence-electron chi connectivity index (χ0n) is 19.0.